The fraction of sp³-hybridized carbons (Fsp3) is 0.600. The SMILES string of the molecule is CC(C)(PCCNCCP)c1cc(C(F)(F)F)cc(C(F)(F)F)c1. The van der Waals surface area contributed by atoms with E-state index < -0.39 is 28.6 Å². The molecule has 9 heteroatoms. The number of alkyl halides is 6. The van der Waals surface area contributed by atoms with Crippen molar-refractivity contribution in [1.29, 1.82) is 0 Å². The molecule has 0 fully saturated rings. The molecular formula is C15H21F6NP2. The molecule has 24 heavy (non-hydrogen) atoms. The molecular weight excluding hydrogens is 370 g/mol. The van der Waals surface area contributed by atoms with Crippen LogP contribution in [0.25, 0.3) is 0 Å². The van der Waals surface area contributed by atoms with Gasteiger partial charge in [-0.25, -0.2) is 0 Å². The predicted molar refractivity (Wildman–Crippen MR) is 90.1 cm³/mol. The van der Waals surface area contributed by atoms with Crippen molar-refractivity contribution < 1.29 is 26.3 Å². The molecule has 0 radical (unpaired) electrons. The summed E-state index contributed by atoms with van der Waals surface area (Å²) < 4.78 is 77.6. The number of hydrogen-bond donors (Lipinski definition) is 1. The summed E-state index contributed by atoms with van der Waals surface area (Å²) in [4.78, 5) is 0. The monoisotopic (exact) mass is 391 g/mol. The minimum Gasteiger partial charge on any atom is -0.316 e. The topological polar surface area (TPSA) is 12.0 Å². The van der Waals surface area contributed by atoms with Gasteiger partial charge in [-0.05, 0) is 49.2 Å². The Labute approximate surface area is 142 Å². The van der Waals surface area contributed by atoms with Crippen LogP contribution in [0.1, 0.15) is 30.5 Å². The van der Waals surface area contributed by atoms with Crippen molar-refractivity contribution in [1.82, 2.24) is 5.32 Å². The Morgan fingerprint density at radius 1 is 0.875 bits per heavy atom. The van der Waals surface area contributed by atoms with E-state index in [0.29, 0.717) is 12.7 Å². The highest BCUT2D eigenvalue weighted by Crippen LogP contribution is 2.44. The van der Waals surface area contributed by atoms with Crippen molar-refractivity contribution in [3.8, 4) is 0 Å². The normalized spacial score (nSPS) is 13.9. The van der Waals surface area contributed by atoms with E-state index in [1.54, 1.807) is 13.8 Å². The van der Waals surface area contributed by atoms with Crippen LogP contribution in [-0.4, -0.2) is 25.4 Å². The molecule has 0 bridgehead atoms. The van der Waals surface area contributed by atoms with Gasteiger partial charge in [-0.1, -0.05) is 13.8 Å². The summed E-state index contributed by atoms with van der Waals surface area (Å²) >= 11 is 0. The minimum absolute atomic E-state index is 0.0639. The van der Waals surface area contributed by atoms with Crippen molar-refractivity contribution in [2.24, 2.45) is 0 Å². The molecule has 2 atom stereocenters. The van der Waals surface area contributed by atoms with Crippen LogP contribution >= 0.6 is 17.8 Å². The second kappa shape index (κ2) is 8.33. The first-order chi connectivity index (χ1) is 10.9. The van der Waals surface area contributed by atoms with E-state index in [2.05, 4.69) is 14.6 Å². The highest BCUT2D eigenvalue weighted by atomic mass is 31.1. The number of rotatable bonds is 7. The maximum atomic E-state index is 12.9. The van der Waals surface area contributed by atoms with E-state index >= 15 is 0 Å². The van der Waals surface area contributed by atoms with Gasteiger partial charge in [0.25, 0.3) is 0 Å². The highest BCUT2D eigenvalue weighted by Gasteiger charge is 2.38. The average molecular weight is 391 g/mol. The number of halogens is 6. The molecule has 138 valence electrons. The number of hydrogen-bond acceptors (Lipinski definition) is 1. The minimum atomic E-state index is -4.81. The maximum Gasteiger partial charge on any atom is 0.416 e. The molecule has 1 aromatic rings. The van der Waals surface area contributed by atoms with Gasteiger partial charge in [0.1, 0.15) is 0 Å². The first-order valence-electron chi connectivity index (χ1n) is 7.33. The van der Waals surface area contributed by atoms with E-state index in [-0.39, 0.29) is 20.2 Å². The zero-order valence-corrected chi connectivity index (χ0v) is 15.6. The van der Waals surface area contributed by atoms with Gasteiger partial charge >= 0.3 is 12.4 Å². The molecule has 1 rings (SSSR count). The molecule has 0 aliphatic rings. The predicted octanol–water partition coefficient (Wildman–Crippen LogP) is 5.10. The Hall–Kier alpha value is -0.380. The molecule has 0 spiro atoms. The van der Waals surface area contributed by atoms with Gasteiger partial charge in [0, 0.05) is 5.16 Å². The molecule has 0 amide bonds. The van der Waals surface area contributed by atoms with Gasteiger partial charge in [-0.3, -0.25) is 0 Å². The average Bonchev–Trinajstić information content (AvgIpc) is 2.44. The molecule has 0 saturated heterocycles. The van der Waals surface area contributed by atoms with Gasteiger partial charge in [0.15, 0.2) is 0 Å². The van der Waals surface area contributed by atoms with Gasteiger partial charge in [0.2, 0.25) is 0 Å². The highest BCUT2D eigenvalue weighted by molar-refractivity contribution is 7.39. The molecule has 1 nitrogen and oxygen atoms in total. The lowest BCUT2D eigenvalue weighted by atomic mass is 9.96. The zero-order valence-electron chi connectivity index (χ0n) is 13.4. The van der Waals surface area contributed by atoms with Crippen LogP contribution in [0.4, 0.5) is 26.3 Å². The smallest absolute Gasteiger partial charge is 0.316 e. The third kappa shape index (κ3) is 6.50. The third-order valence-electron chi connectivity index (χ3n) is 3.50. The van der Waals surface area contributed by atoms with E-state index in [0.717, 1.165) is 24.8 Å². The van der Waals surface area contributed by atoms with Gasteiger partial charge < -0.3 is 5.32 Å². The van der Waals surface area contributed by atoms with Crippen molar-refractivity contribution in [3.63, 3.8) is 0 Å². The van der Waals surface area contributed by atoms with E-state index in [9.17, 15) is 26.3 Å². The quantitative estimate of drug-likeness (QED) is 0.387. The molecule has 0 aliphatic heterocycles. The van der Waals surface area contributed by atoms with Crippen LogP contribution in [0.5, 0.6) is 0 Å². The number of nitrogens with one attached hydrogen (secondary N) is 1. The van der Waals surface area contributed by atoms with E-state index in [1.165, 1.54) is 0 Å². The van der Waals surface area contributed by atoms with Crippen molar-refractivity contribution in [3.05, 3.63) is 34.9 Å². The Morgan fingerprint density at radius 2 is 1.33 bits per heavy atom. The summed E-state index contributed by atoms with van der Waals surface area (Å²) in [5, 5.41) is 2.40. The fourth-order valence-electron chi connectivity index (χ4n) is 2.11. The lowest BCUT2D eigenvalue weighted by Crippen LogP contribution is -2.22. The summed E-state index contributed by atoms with van der Waals surface area (Å²) in [6.45, 7) is 4.84. The van der Waals surface area contributed by atoms with Crippen molar-refractivity contribution in [2.45, 2.75) is 31.4 Å². The van der Waals surface area contributed by atoms with Gasteiger partial charge in [-0.15, -0.1) is 17.8 Å². The second-order valence-corrected chi connectivity index (χ2v) is 8.57. The summed E-state index contributed by atoms with van der Waals surface area (Å²) in [5.74, 6) is 0. The summed E-state index contributed by atoms with van der Waals surface area (Å²) in [6.07, 6.45) is -8.05. The van der Waals surface area contributed by atoms with Crippen LogP contribution < -0.4 is 5.32 Å². The van der Waals surface area contributed by atoms with Gasteiger partial charge in [0.05, 0.1) is 11.1 Å². The Bertz CT molecular complexity index is 507. The Kier molecular flexibility index (Phi) is 7.52. The molecule has 0 aromatic heterocycles. The molecule has 1 aromatic carbocycles. The summed E-state index contributed by atoms with van der Waals surface area (Å²) in [7, 11) is 2.77. The molecule has 0 aliphatic carbocycles. The molecule has 0 heterocycles. The van der Waals surface area contributed by atoms with Gasteiger partial charge in [-0.2, -0.15) is 26.3 Å². The van der Waals surface area contributed by atoms with Crippen LogP contribution in [-0.2, 0) is 17.5 Å². The van der Waals surface area contributed by atoms with Crippen LogP contribution in [0.2, 0.25) is 0 Å². The van der Waals surface area contributed by atoms with E-state index in [1.807, 2.05) is 0 Å². The first kappa shape index (κ1) is 21.7. The van der Waals surface area contributed by atoms with Crippen LogP contribution in [0.15, 0.2) is 18.2 Å². The Balaban J connectivity index is 3.07. The number of benzene rings is 1. The zero-order chi connectivity index (χ0) is 18.6. The largest absolute Gasteiger partial charge is 0.416 e. The fourth-order valence-corrected chi connectivity index (χ4v) is 3.59. The standard InChI is InChI=1S/C15H21F6NP2/c1-13(2,24-6-4-22-3-5-23)10-7-11(14(16,17)18)9-12(8-10)15(19,20)21/h7-9,22,24H,3-6,23H2,1-2H3. The Morgan fingerprint density at radius 3 is 1.75 bits per heavy atom. The molecule has 1 N–H and O–H groups in total. The lowest BCUT2D eigenvalue weighted by molar-refractivity contribution is -0.143. The van der Waals surface area contributed by atoms with Crippen molar-refractivity contribution in [2.75, 3.05) is 25.4 Å². The van der Waals surface area contributed by atoms with Crippen molar-refractivity contribution >= 4 is 17.8 Å². The third-order valence-corrected chi connectivity index (χ3v) is 5.46. The maximum absolute atomic E-state index is 12.9. The lowest BCUT2D eigenvalue weighted by Gasteiger charge is -2.27. The van der Waals surface area contributed by atoms with E-state index in [4.69, 9.17) is 0 Å². The van der Waals surface area contributed by atoms with Crippen LogP contribution in [0.3, 0.4) is 0 Å². The molecule has 2 unspecified atom stereocenters. The summed E-state index contributed by atoms with van der Waals surface area (Å²) in [5.41, 5.74) is -2.45. The second-order valence-electron chi connectivity index (χ2n) is 5.89. The van der Waals surface area contributed by atoms with Crippen LogP contribution in [0, 0.1) is 0 Å². The molecule has 0 saturated carbocycles. The first-order valence-corrected chi connectivity index (χ1v) is 9.36. The summed E-state index contributed by atoms with van der Waals surface area (Å²) in [6, 6.07) is 1.83.